The summed E-state index contributed by atoms with van der Waals surface area (Å²) in [6.07, 6.45) is 0.491. The highest BCUT2D eigenvalue weighted by atomic mass is 35.5. The maximum Gasteiger partial charge on any atom is 0.230 e. The highest BCUT2D eigenvalue weighted by Gasteiger charge is 2.51. The van der Waals surface area contributed by atoms with Crippen LogP contribution in [0.1, 0.15) is 30.1 Å². The first-order chi connectivity index (χ1) is 11.0. The molecule has 120 valence electrons. The summed E-state index contributed by atoms with van der Waals surface area (Å²) in [7, 11) is 0. The molecule has 2 aromatic carbocycles. The maximum atomic E-state index is 13.4. The number of amides is 1. The van der Waals surface area contributed by atoms with Crippen LogP contribution in [0.3, 0.4) is 0 Å². The van der Waals surface area contributed by atoms with Gasteiger partial charge in [-0.15, -0.1) is 0 Å². The molecule has 0 heterocycles. The summed E-state index contributed by atoms with van der Waals surface area (Å²) in [6, 6.07) is 13.1. The van der Waals surface area contributed by atoms with Crippen molar-refractivity contribution in [3.63, 3.8) is 0 Å². The van der Waals surface area contributed by atoms with E-state index in [-0.39, 0.29) is 18.3 Å². The van der Waals surface area contributed by atoms with Gasteiger partial charge in [-0.05, 0) is 36.6 Å². The molecular formula is C18H17ClFNO2. The number of aliphatic hydroxyl groups is 1. The van der Waals surface area contributed by atoms with Crippen molar-refractivity contribution in [1.29, 1.82) is 0 Å². The molecule has 1 atom stereocenters. The molecule has 23 heavy (non-hydrogen) atoms. The smallest absolute Gasteiger partial charge is 0.230 e. The largest absolute Gasteiger partial charge is 0.387 e. The second-order valence-corrected chi connectivity index (χ2v) is 6.25. The molecule has 1 aliphatic carbocycles. The number of hydrogen-bond acceptors (Lipinski definition) is 2. The topological polar surface area (TPSA) is 49.3 Å². The van der Waals surface area contributed by atoms with Crippen LogP contribution in [0, 0.1) is 5.82 Å². The van der Waals surface area contributed by atoms with Gasteiger partial charge in [-0.1, -0.05) is 41.9 Å². The third-order valence-electron chi connectivity index (χ3n) is 4.28. The molecule has 0 saturated heterocycles. The quantitative estimate of drug-likeness (QED) is 0.881. The van der Waals surface area contributed by atoms with E-state index in [1.165, 1.54) is 12.1 Å². The lowest BCUT2D eigenvalue weighted by Gasteiger charge is -2.18. The van der Waals surface area contributed by atoms with E-state index in [1.54, 1.807) is 36.4 Å². The fraction of sp³-hybridized carbons (Fsp3) is 0.278. The van der Waals surface area contributed by atoms with Gasteiger partial charge in [0.1, 0.15) is 5.82 Å². The van der Waals surface area contributed by atoms with Crippen LogP contribution < -0.4 is 5.32 Å². The van der Waals surface area contributed by atoms with Crippen molar-refractivity contribution in [3.05, 3.63) is 70.5 Å². The average Bonchev–Trinajstić information content (AvgIpc) is 3.34. The molecule has 3 nitrogen and oxygen atoms in total. The normalized spacial score (nSPS) is 16.7. The van der Waals surface area contributed by atoms with Crippen LogP contribution in [-0.2, 0) is 10.2 Å². The zero-order chi connectivity index (χ0) is 16.4. The van der Waals surface area contributed by atoms with Crippen molar-refractivity contribution >= 4 is 17.5 Å². The Hall–Kier alpha value is -1.91. The van der Waals surface area contributed by atoms with Crippen LogP contribution in [0.25, 0.3) is 0 Å². The Morgan fingerprint density at radius 3 is 2.65 bits per heavy atom. The molecule has 0 aromatic heterocycles. The highest BCUT2D eigenvalue weighted by molar-refractivity contribution is 6.31. The minimum atomic E-state index is -0.879. The first kappa shape index (κ1) is 16.0. The first-order valence-electron chi connectivity index (χ1n) is 7.50. The fourth-order valence-electron chi connectivity index (χ4n) is 2.77. The van der Waals surface area contributed by atoms with Gasteiger partial charge >= 0.3 is 0 Å². The molecule has 1 aliphatic rings. The van der Waals surface area contributed by atoms with Gasteiger partial charge in [0.15, 0.2) is 0 Å². The zero-order valence-corrected chi connectivity index (χ0v) is 13.2. The lowest BCUT2D eigenvalue weighted by molar-refractivity contribution is -0.124. The third-order valence-corrected chi connectivity index (χ3v) is 4.63. The molecule has 1 amide bonds. The van der Waals surface area contributed by atoms with E-state index in [1.807, 2.05) is 0 Å². The minimum absolute atomic E-state index is 0.0691. The summed E-state index contributed by atoms with van der Waals surface area (Å²) in [5.41, 5.74) is 0.592. The van der Waals surface area contributed by atoms with E-state index in [0.717, 1.165) is 0 Å². The standard InChI is InChI=1S/C18H17ClFNO2/c19-15-7-2-1-6-14(15)16(22)11-21-17(23)18(8-9-18)12-4-3-5-13(20)10-12/h1-7,10,16,22H,8-9,11H2,(H,21,23). The van der Waals surface area contributed by atoms with Gasteiger partial charge in [-0.2, -0.15) is 0 Å². The summed E-state index contributed by atoms with van der Waals surface area (Å²) >= 11 is 6.04. The number of benzene rings is 2. The van der Waals surface area contributed by atoms with E-state index in [2.05, 4.69) is 5.32 Å². The number of rotatable bonds is 5. The Kier molecular flexibility index (Phi) is 4.37. The lowest BCUT2D eigenvalue weighted by atomic mass is 9.94. The Bertz CT molecular complexity index is 730. The second kappa shape index (κ2) is 6.30. The molecule has 1 unspecified atom stereocenters. The number of aliphatic hydroxyl groups excluding tert-OH is 1. The SMILES string of the molecule is O=C(NCC(O)c1ccccc1Cl)C1(c2cccc(F)c2)CC1. The summed E-state index contributed by atoms with van der Waals surface area (Å²) in [5, 5.41) is 13.4. The summed E-state index contributed by atoms with van der Waals surface area (Å²) in [6.45, 7) is 0.0691. The highest BCUT2D eigenvalue weighted by Crippen LogP contribution is 2.48. The molecule has 5 heteroatoms. The van der Waals surface area contributed by atoms with Gasteiger partial charge in [0.05, 0.1) is 11.5 Å². The van der Waals surface area contributed by atoms with Crippen LogP contribution in [0.15, 0.2) is 48.5 Å². The molecule has 0 aliphatic heterocycles. The molecule has 1 saturated carbocycles. The Labute approximate surface area is 139 Å². The van der Waals surface area contributed by atoms with Gasteiger partial charge in [-0.25, -0.2) is 4.39 Å². The van der Waals surface area contributed by atoms with E-state index < -0.39 is 11.5 Å². The van der Waals surface area contributed by atoms with Crippen LogP contribution >= 0.6 is 11.6 Å². The second-order valence-electron chi connectivity index (χ2n) is 5.84. The van der Waals surface area contributed by atoms with Crippen LogP contribution in [-0.4, -0.2) is 17.6 Å². The predicted molar refractivity (Wildman–Crippen MR) is 86.7 cm³/mol. The van der Waals surface area contributed by atoms with Crippen molar-refractivity contribution in [2.24, 2.45) is 0 Å². The van der Waals surface area contributed by atoms with Gasteiger partial charge in [0, 0.05) is 17.1 Å². The average molecular weight is 334 g/mol. The van der Waals surface area contributed by atoms with Gasteiger partial charge in [0.2, 0.25) is 5.91 Å². The van der Waals surface area contributed by atoms with Crippen molar-refractivity contribution in [3.8, 4) is 0 Å². The van der Waals surface area contributed by atoms with Crippen molar-refractivity contribution in [1.82, 2.24) is 5.32 Å². The summed E-state index contributed by atoms with van der Waals surface area (Å²) in [5.74, 6) is -0.535. The van der Waals surface area contributed by atoms with Crippen LogP contribution in [0.4, 0.5) is 4.39 Å². The number of halogens is 2. The lowest BCUT2D eigenvalue weighted by Crippen LogP contribution is -2.37. The third kappa shape index (κ3) is 3.23. The first-order valence-corrected chi connectivity index (χ1v) is 7.87. The summed E-state index contributed by atoms with van der Waals surface area (Å²) in [4.78, 5) is 12.5. The van der Waals surface area contributed by atoms with Gasteiger partial charge < -0.3 is 10.4 Å². The summed E-state index contributed by atoms with van der Waals surface area (Å²) < 4.78 is 13.4. The molecule has 0 spiro atoms. The number of nitrogens with one attached hydrogen (secondary N) is 1. The molecular weight excluding hydrogens is 317 g/mol. The Morgan fingerprint density at radius 2 is 2.00 bits per heavy atom. The fourth-order valence-corrected chi connectivity index (χ4v) is 3.03. The van der Waals surface area contributed by atoms with E-state index in [0.29, 0.717) is 29.0 Å². The van der Waals surface area contributed by atoms with Gasteiger partial charge in [-0.3, -0.25) is 4.79 Å². The number of carbonyl (C=O) groups is 1. The van der Waals surface area contributed by atoms with Crippen LogP contribution in [0.2, 0.25) is 5.02 Å². The van der Waals surface area contributed by atoms with Crippen molar-refractivity contribution < 1.29 is 14.3 Å². The molecule has 3 rings (SSSR count). The zero-order valence-electron chi connectivity index (χ0n) is 12.4. The van der Waals surface area contributed by atoms with Gasteiger partial charge in [0.25, 0.3) is 0 Å². The molecule has 1 fully saturated rings. The predicted octanol–water partition coefficient (Wildman–Crippen LogP) is 3.36. The number of hydrogen-bond donors (Lipinski definition) is 2. The maximum absolute atomic E-state index is 13.4. The minimum Gasteiger partial charge on any atom is -0.387 e. The molecule has 0 bridgehead atoms. The van der Waals surface area contributed by atoms with E-state index in [4.69, 9.17) is 11.6 Å². The van der Waals surface area contributed by atoms with E-state index in [9.17, 15) is 14.3 Å². The molecule has 2 aromatic rings. The Morgan fingerprint density at radius 1 is 1.26 bits per heavy atom. The van der Waals surface area contributed by atoms with E-state index >= 15 is 0 Å². The Balaban J connectivity index is 1.67. The van der Waals surface area contributed by atoms with Crippen molar-refractivity contribution in [2.45, 2.75) is 24.4 Å². The number of carbonyl (C=O) groups excluding carboxylic acids is 1. The molecule has 0 radical (unpaired) electrons. The monoisotopic (exact) mass is 333 g/mol. The van der Waals surface area contributed by atoms with Crippen LogP contribution in [0.5, 0.6) is 0 Å². The van der Waals surface area contributed by atoms with Crippen molar-refractivity contribution in [2.75, 3.05) is 6.54 Å². The molecule has 2 N–H and O–H groups in total.